The molecule has 0 N–H and O–H groups in total. The largest absolute Gasteiger partial charge is 0.439 e. The Balaban J connectivity index is 2.28. The Morgan fingerprint density at radius 3 is 2.39 bits per heavy atom. The molecule has 0 spiro atoms. The summed E-state index contributed by atoms with van der Waals surface area (Å²) in [6.07, 6.45) is 1.56. The highest BCUT2D eigenvalue weighted by molar-refractivity contribution is 6.17. The maximum absolute atomic E-state index is 13.0. The molecular weight excluding hydrogens is 260 g/mol. The van der Waals surface area contributed by atoms with Crippen molar-refractivity contribution < 1.29 is 13.5 Å². The van der Waals surface area contributed by atoms with Crippen LogP contribution in [-0.4, -0.2) is 4.98 Å². The molecule has 2 nitrogen and oxygen atoms in total. The van der Waals surface area contributed by atoms with Crippen molar-refractivity contribution in [1.82, 2.24) is 4.98 Å². The van der Waals surface area contributed by atoms with E-state index in [0.717, 1.165) is 29.3 Å². The first-order valence-corrected chi connectivity index (χ1v) is 5.77. The Bertz CT molecular complexity index is 555. The summed E-state index contributed by atoms with van der Waals surface area (Å²) in [6.45, 7) is 1.79. The summed E-state index contributed by atoms with van der Waals surface area (Å²) in [5.74, 6) is -0.668. The van der Waals surface area contributed by atoms with Gasteiger partial charge < -0.3 is 4.74 Å². The number of rotatable bonds is 3. The van der Waals surface area contributed by atoms with Crippen molar-refractivity contribution in [2.75, 3.05) is 0 Å². The van der Waals surface area contributed by atoms with Gasteiger partial charge in [-0.15, -0.1) is 11.6 Å². The van der Waals surface area contributed by atoms with Crippen LogP contribution in [0, 0.1) is 18.6 Å². The molecule has 0 bridgehead atoms. The van der Waals surface area contributed by atoms with E-state index < -0.39 is 11.6 Å². The number of pyridine rings is 1. The van der Waals surface area contributed by atoms with Gasteiger partial charge in [-0.05, 0) is 18.6 Å². The molecule has 0 amide bonds. The molecule has 0 aliphatic rings. The lowest BCUT2D eigenvalue weighted by Gasteiger charge is -2.08. The van der Waals surface area contributed by atoms with E-state index in [-0.39, 0.29) is 5.75 Å². The van der Waals surface area contributed by atoms with Crippen molar-refractivity contribution in [3.63, 3.8) is 0 Å². The van der Waals surface area contributed by atoms with Gasteiger partial charge in [-0.25, -0.2) is 13.8 Å². The molecule has 18 heavy (non-hydrogen) atoms. The van der Waals surface area contributed by atoms with Gasteiger partial charge in [0, 0.05) is 35.8 Å². The summed E-state index contributed by atoms with van der Waals surface area (Å²) in [5.41, 5.74) is 1.60. The molecule has 0 saturated heterocycles. The highest BCUT2D eigenvalue weighted by atomic mass is 35.5. The van der Waals surface area contributed by atoms with Crippen LogP contribution < -0.4 is 4.74 Å². The molecular formula is C13H10ClF2NO. The minimum Gasteiger partial charge on any atom is -0.439 e. The fourth-order valence-electron chi connectivity index (χ4n) is 1.50. The molecule has 0 aliphatic heterocycles. The summed E-state index contributed by atoms with van der Waals surface area (Å²) < 4.78 is 31.3. The van der Waals surface area contributed by atoms with Crippen molar-refractivity contribution in [3.8, 4) is 11.6 Å². The fraction of sp³-hybridized carbons (Fsp3) is 0.154. The van der Waals surface area contributed by atoms with Crippen LogP contribution >= 0.6 is 11.6 Å². The molecule has 1 aromatic heterocycles. The highest BCUT2D eigenvalue weighted by Gasteiger charge is 2.07. The van der Waals surface area contributed by atoms with Gasteiger partial charge in [0.2, 0.25) is 5.88 Å². The predicted octanol–water partition coefficient (Wildman–Crippen LogP) is 4.20. The molecule has 94 valence electrons. The van der Waals surface area contributed by atoms with Crippen LogP contribution in [0.15, 0.2) is 30.5 Å². The lowest BCUT2D eigenvalue weighted by Crippen LogP contribution is -1.94. The number of aromatic nitrogens is 1. The first kappa shape index (κ1) is 12.8. The van der Waals surface area contributed by atoms with E-state index in [2.05, 4.69) is 4.98 Å². The monoisotopic (exact) mass is 269 g/mol. The summed E-state index contributed by atoms with van der Waals surface area (Å²) in [6, 6.07) is 4.79. The van der Waals surface area contributed by atoms with Crippen LogP contribution in [0.25, 0.3) is 0 Å². The maximum atomic E-state index is 13.0. The van der Waals surface area contributed by atoms with E-state index in [0.29, 0.717) is 11.8 Å². The van der Waals surface area contributed by atoms with Gasteiger partial charge in [-0.1, -0.05) is 0 Å². The van der Waals surface area contributed by atoms with Crippen molar-refractivity contribution >= 4 is 11.6 Å². The zero-order valence-corrected chi connectivity index (χ0v) is 10.3. The van der Waals surface area contributed by atoms with E-state index in [1.165, 1.54) is 0 Å². The Labute approximate surface area is 108 Å². The first-order chi connectivity index (χ1) is 8.58. The molecule has 0 atom stereocenters. The lowest BCUT2D eigenvalue weighted by molar-refractivity contribution is 0.447. The summed E-state index contributed by atoms with van der Waals surface area (Å²) in [4.78, 5) is 4.05. The van der Waals surface area contributed by atoms with Gasteiger partial charge in [-0.2, -0.15) is 0 Å². The normalized spacial score (nSPS) is 10.4. The third-order valence-electron chi connectivity index (χ3n) is 2.29. The van der Waals surface area contributed by atoms with Crippen LogP contribution in [-0.2, 0) is 5.88 Å². The average Bonchev–Trinajstić information content (AvgIpc) is 2.30. The molecule has 0 radical (unpaired) electrons. The van der Waals surface area contributed by atoms with Gasteiger partial charge >= 0.3 is 0 Å². The minimum absolute atomic E-state index is 0.0710. The topological polar surface area (TPSA) is 22.1 Å². The minimum atomic E-state index is -0.694. The van der Waals surface area contributed by atoms with Crippen molar-refractivity contribution in [2.24, 2.45) is 0 Å². The number of nitrogens with zero attached hydrogens (tertiary/aromatic N) is 1. The number of hydrogen-bond acceptors (Lipinski definition) is 2. The molecule has 5 heteroatoms. The van der Waals surface area contributed by atoms with Crippen molar-refractivity contribution in [1.29, 1.82) is 0 Å². The molecule has 1 heterocycles. The van der Waals surface area contributed by atoms with Gasteiger partial charge in [-0.3, -0.25) is 0 Å². The Kier molecular flexibility index (Phi) is 3.77. The second-order valence-electron chi connectivity index (χ2n) is 3.81. The SMILES string of the molecule is Cc1cc(CCl)cnc1Oc1cc(F)cc(F)c1. The van der Waals surface area contributed by atoms with Crippen LogP contribution in [0.3, 0.4) is 0 Å². The van der Waals surface area contributed by atoms with Gasteiger partial charge in [0.25, 0.3) is 0 Å². The number of hydrogen-bond donors (Lipinski definition) is 0. The molecule has 0 fully saturated rings. The molecule has 0 unspecified atom stereocenters. The third kappa shape index (κ3) is 2.96. The summed E-state index contributed by atoms with van der Waals surface area (Å²) in [5, 5.41) is 0. The maximum Gasteiger partial charge on any atom is 0.222 e. The van der Waals surface area contributed by atoms with E-state index in [4.69, 9.17) is 16.3 Å². The first-order valence-electron chi connectivity index (χ1n) is 5.24. The molecule has 0 aliphatic carbocycles. The standard InChI is InChI=1S/C13H10ClF2NO/c1-8-2-9(6-14)7-17-13(8)18-12-4-10(15)3-11(16)5-12/h2-5,7H,6H2,1H3. The van der Waals surface area contributed by atoms with Gasteiger partial charge in [0.15, 0.2) is 0 Å². The lowest BCUT2D eigenvalue weighted by atomic mass is 10.2. The van der Waals surface area contributed by atoms with E-state index >= 15 is 0 Å². The van der Waals surface area contributed by atoms with E-state index in [9.17, 15) is 8.78 Å². The van der Waals surface area contributed by atoms with E-state index in [1.54, 1.807) is 13.1 Å². The van der Waals surface area contributed by atoms with Gasteiger partial charge in [0.1, 0.15) is 17.4 Å². The third-order valence-corrected chi connectivity index (χ3v) is 2.60. The second kappa shape index (κ2) is 5.31. The van der Waals surface area contributed by atoms with Crippen molar-refractivity contribution in [3.05, 3.63) is 53.2 Å². The molecule has 2 aromatic rings. The molecule has 2 rings (SSSR count). The smallest absolute Gasteiger partial charge is 0.222 e. The van der Waals surface area contributed by atoms with Crippen LogP contribution in [0.5, 0.6) is 11.6 Å². The second-order valence-corrected chi connectivity index (χ2v) is 4.07. The van der Waals surface area contributed by atoms with E-state index in [1.807, 2.05) is 6.07 Å². The number of alkyl halides is 1. The van der Waals surface area contributed by atoms with Crippen molar-refractivity contribution in [2.45, 2.75) is 12.8 Å². The highest BCUT2D eigenvalue weighted by Crippen LogP contribution is 2.25. The summed E-state index contributed by atoms with van der Waals surface area (Å²) in [7, 11) is 0. The number of ether oxygens (including phenoxy) is 1. The number of halogens is 3. The van der Waals surface area contributed by atoms with Crippen LogP contribution in [0.4, 0.5) is 8.78 Å². The van der Waals surface area contributed by atoms with Crippen LogP contribution in [0.1, 0.15) is 11.1 Å². The average molecular weight is 270 g/mol. The predicted molar refractivity (Wildman–Crippen MR) is 65.0 cm³/mol. The quantitative estimate of drug-likeness (QED) is 0.779. The molecule has 0 saturated carbocycles. The fourth-order valence-corrected chi connectivity index (χ4v) is 1.65. The zero-order valence-electron chi connectivity index (χ0n) is 9.58. The van der Waals surface area contributed by atoms with Crippen LogP contribution in [0.2, 0.25) is 0 Å². The van der Waals surface area contributed by atoms with Gasteiger partial charge in [0.05, 0.1) is 0 Å². The number of benzene rings is 1. The Morgan fingerprint density at radius 2 is 1.83 bits per heavy atom. The Morgan fingerprint density at radius 1 is 1.17 bits per heavy atom. The Hall–Kier alpha value is -1.68. The zero-order chi connectivity index (χ0) is 13.1. The summed E-state index contributed by atoms with van der Waals surface area (Å²) >= 11 is 5.67. The molecule has 1 aromatic carbocycles. The number of aryl methyl sites for hydroxylation is 1.